The van der Waals surface area contributed by atoms with E-state index < -0.39 is 41.2 Å². The molecule has 5 nitrogen and oxygen atoms in total. The second-order valence-corrected chi connectivity index (χ2v) is 5.00. The van der Waals surface area contributed by atoms with Gasteiger partial charge in [-0.3, -0.25) is 0 Å². The Kier molecular flexibility index (Phi) is 4.07. The van der Waals surface area contributed by atoms with Crippen LogP contribution in [0.3, 0.4) is 0 Å². The van der Waals surface area contributed by atoms with Gasteiger partial charge in [-0.25, -0.2) is 22.8 Å². The Hall–Kier alpha value is -1.90. The fourth-order valence-corrected chi connectivity index (χ4v) is 2.83. The molecule has 1 aliphatic heterocycles. The van der Waals surface area contributed by atoms with E-state index in [1.807, 2.05) is 5.32 Å². The predicted molar refractivity (Wildman–Crippen MR) is 65.9 cm³/mol. The number of carbonyl (C=O) groups excluding carboxylic acids is 1. The lowest BCUT2D eigenvalue weighted by Crippen LogP contribution is -2.44. The van der Waals surface area contributed by atoms with Gasteiger partial charge in [0.2, 0.25) is 0 Å². The molecule has 0 bridgehead atoms. The molecule has 108 valence electrons. The number of nitrogens with one attached hydrogen (secondary N) is 1. The number of nitrogens with zero attached hydrogens (tertiary/aromatic N) is 1. The molecule has 1 saturated heterocycles. The number of anilines is 1. The van der Waals surface area contributed by atoms with Gasteiger partial charge in [0, 0.05) is 17.9 Å². The largest absolute Gasteiger partial charge is 0.480 e. The molecule has 0 aliphatic carbocycles. The van der Waals surface area contributed by atoms with Crippen molar-refractivity contribution in [2.45, 2.75) is 6.04 Å². The van der Waals surface area contributed by atoms with E-state index in [1.54, 1.807) is 0 Å². The van der Waals surface area contributed by atoms with E-state index in [9.17, 15) is 22.8 Å². The van der Waals surface area contributed by atoms with Gasteiger partial charge in [0.1, 0.15) is 11.9 Å². The number of thioether (sulfide) groups is 1. The summed E-state index contributed by atoms with van der Waals surface area (Å²) in [6, 6.07) is -1.01. The third-order valence-electron chi connectivity index (χ3n) is 2.66. The maximum absolute atomic E-state index is 13.4. The Bertz CT molecular complexity index is 570. The van der Waals surface area contributed by atoms with Gasteiger partial charge in [-0.2, -0.15) is 0 Å². The lowest BCUT2D eigenvalue weighted by molar-refractivity contribution is -0.140. The van der Waals surface area contributed by atoms with Crippen molar-refractivity contribution in [2.24, 2.45) is 0 Å². The van der Waals surface area contributed by atoms with Crippen LogP contribution in [0.1, 0.15) is 0 Å². The average molecular weight is 306 g/mol. The molecule has 2 N–H and O–H groups in total. The number of rotatable bonds is 2. The SMILES string of the molecule is O=C(O)[C@@H]1CSCN1C(=O)Nc1cc(F)cc(F)c1F. The van der Waals surface area contributed by atoms with Crippen molar-refractivity contribution < 1.29 is 27.9 Å². The van der Waals surface area contributed by atoms with Crippen LogP contribution >= 0.6 is 11.8 Å². The van der Waals surface area contributed by atoms with Gasteiger partial charge in [-0.05, 0) is 0 Å². The summed E-state index contributed by atoms with van der Waals surface area (Å²) >= 11 is 1.21. The molecule has 2 amide bonds. The normalized spacial score (nSPS) is 18.1. The zero-order valence-electron chi connectivity index (χ0n) is 9.90. The topological polar surface area (TPSA) is 69.6 Å². The summed E-state index contributed by atoms with van der Waals surface area (Å²) in [5.41, 5.74) is -0.673. The van der Waals surface area contributed by atoms with E-state index >= 15 is 0 Å². The van der Waals surface area contributed by atoms with Gasteiger partial charge < -0.3 is 15.3 Å². The van der Waals surface area contributed by atoms with Crippen molar-refractivity contribution >= 4 is 29.4 Å². The fourth-order valence-electron chi connectivity index (χ4n) is 1.68. The molecule has 1 heterocycles. The highest BCUT2D eigenvalue weighted by atomic mass is 32.2. The molecule has 9 heteroatoms. The van der Waals surface area contributed by atoms with Crippen LogP contribution in [0.25, 0.3) is 0 Å². The molecule has 1 atom stereocenters. The number of carbonyl (C=O) groups is 2. The van der Waals surface area contributed by atoms with Gasteiger partial charge in [0.05, 0.1) is 11.6 Å². The number of hydrogen-bond acceptors (Lipinski definition) is 3. The number of carboxylic acids is 1. The third kappa shape index (κ3) is 2.82. The van der Waals surface area contributed by atoms with Crippen molar-refractivity contribution in [3.8, 4) is 0 Å². The lowest BCUT2D eigenvalue weighted by Gasteiger charge is -2.21. The molecule has 0 spiro atoms. The third-order valence-corrected chi connectivity index (χ3v) is 3.68. The lowest BCUT2D eigenvalue weighted by atomic mass is 10.2. The van der Waals surface area contributed by atoms with Gasteiger partial charge >= 0.3 is 12.0 Å². The number of carboxylic acid groups (broad SMARTS) is 1. The first-order valence-corrected chi connectivity index (χ1v) is 6.58. The Balaban J connectivity index is 2.18. The Labute approximate surface area is 115 Å². The minimum Gasteiger partial charge on any atom is -0.480 e. The Morgan fingerprint density at radius 3 is 2.70 bits per heavy atom. The van der Waals surface area contributed by atoms with E-state index in [2.05, 4.69) is 0 Å². The van der Waals surface area contributed by atoms with Crippen LogP contribution < -0.4 is 5.32 Å². The minimum absolute atomic E-state index is 0.0994. The Morgan fingerprint density at radius 2 is 2.05 bits per heavy atom. The summed E-state index contributed by atoms with van der Waals surface area (Å²) in [7, 11) is 0. The molecule has 2 rings (SSSR count). The average Bonchev–Trinajstić information content (AvgIpc) is 2.84. The summed E-state index contributed by atoms with van der Waals surface area (Å²) in [5, 5.41) is 10.9. The zero-order valence-corrected chi connectivity index (χ0v) is 10.7. The van der Waals surface area contributed by atoms with Gasteiger partial charge in [0.25, 0.3) is 0 Å². The monoisotopic (exact) mass is 306 g/mol. The number of aliphatic carboxylic acids is 1. The summed E-state index contributed by atoms with van der Waals surface area (Å²) in [4.78, 5) is 23.7. The van der Waals surface area contributed by atoms with E-state index in [0.29, 0.717) is 12.1 Å². The molecule has 1 aromatic carbocycles. The number of benzene rings is 1. The molecule has 1 fully saturated rings. The molecular weight excluding hydrogens is 297 g/mol. The number of halogens is 3. The van der Waals surface area contributed by atoms with Crippen LogP contribution in [0.5, 0.6) is 0 Å². The molecule has 1 aliphatic rings. The quantitative estimate of drug-likeness (QED) is 0.821. The number of urea groups is 1. The van der Waals surface area contributed by atoms with E-state index in [-0.39, 0.29) is 11.6 Å². The van der Waals surface area contributed by atoms with Crippen molar-refractivity contribution in [1.82, 2.24) is 4.90 Å². The summed E-state index contributed by atoms with van der Waals surface area (Å²) in [6.07, 6.45) is 0. The molecule has 0 aromatic heterocycles. The maximum atomic E-state index is 13.4. The van der Waals surface area contributed by atoms with Crippen LogP contribution in [0.4, 0.5) is 23.7 Å². The molecule has 1 aromatic rings. The minimum atomic E-state index is -1.44. The molecule has 0 saturated carbocycles. The predicted octanol–water partition coefficient (Wildman–Crippen LogP) is 2.10. The van der Waals surface area contributed by atoms with E-state index in [4.69, 9.17) is 5.11 Å². The second kappa shape index (κ2) is 5.61. The highest BCUT2D eigenvalue weighted by Gasteiger charge is 2.35. The van der Waals surface area contributed by atoms with Crippen molar-refractivity contribution in [3.63, 3.8) is 0 Å². The first-order chi connectivity index (χ1) is 9.40. The van der Waals surface area contributed by atoms with Crippen LogP contribution in [0.15, 0.2) is 12.1 Å². The smallest absolute Gasteiger partial charge is 0.327 e. The summed E-state index contributed by atoms with van der Waals surface area (Å²) in [5.74, 6) is -4.80. The van der Waals surface area contributed by atoms with Gasteiger partial charge in [-0.1, -0.05) is 0 Å². The first-order valence-electron chi connectivity index (χ1n) is 5.43. The molecular formula is C11H9F3N2O3S. The number of amides is 2. The van der Waals surface area contributed by atoms with Crippen LogP contribution in [0, 0.1) is 17.5 Å². The second-order valence-electron chi connectivity index (χ2n) is 4.00. The molecule has 0 unspecified atom stereocenters. The van der Waals surface area contributed by atoms with Crippen LogP contribution in [-0.4, -0.2) is 39.7 Å². The highest BCUT2D eigenvalue weighted by molar-refractivity contribution is 7.99. The van der Waals surface area contributed by atoms with Crippen molar-refractivity contribution in [1.29, 1.82) is 0 Å². The van der Waals surface area contributed by atoms with Crippen molar-refractivity contribution in [2.75, 3.05) is 16.9 Å². The van der Waals surface area contributed by atoms with E-state index in [1.165, 1.54) is 11.8 Å². The van der Waals surface area contributed by atoms with Crippen LogP contribution in [0.2, 0.25) is 0 Å². The maximum Gasteiger partial charge on any atom is 0.327 e. The van der Waals surface area contributed by atoms with Gasteiger partial charge in [0.15, 0.2) is 11.6 Å². The molecule has 0 radical (unpaired) electrons. The first kappa shape index (κ1) is 14.5. The summed E-state index contributed by atoms with van der Waals surface area (Å²) in [6.45, 7) is 0. The zero-order chi connectivity index (χ0) is 14.9. The standard InChI is InChI=1S/C11H9F3N2O3S/c12-5-1-6(13)9(14)7(2-5)15-11(19)16-4-20-3-8(16)10(17)18/h1-2,8H,3-4H2,(H,15,19)(H,17,18)/t8-/m0/s1. The fraction of sp³-hybridized carbons (Fsp3) is 0.273. The van der Waals surface area contributed by atoms with Crippen LogP contribution in [-0.2, 0) is 4.79 Å². The Morgan fingerprint density at radius 1 is 1.35 bits per heavy atom. The molecule has 20 heavy (non-hydrogen) atoms. The highest BCUT2D eigenvalue weighted by Crippen LogP contribution is 2.24. The van der Waals surface area contributed by atoms with Crippen molar-refractivity contribution in [3.05, 3.63) is 29.6 Å². The van der Waals surface area contributed by atoms with E-state index in [0.717, 1.165) is 4.90 Å². The number of hydrogen-bond donors (Lipinski definition) is 2. The summed E-state index contributed by atoms with van der Waals surface area (Å²) < 4.78 is 39.4. The van der Waals surface area contributed by atoms with Gasteiger partial charge in [-0.15, -0.1) is 11.8 Å².